The number of benzene rings is 3. The van der Waals surface area contributed by atoms with Crippen LogP contribution in [0.3, 0.4) is 0 Å². The van der Waals surface area contributed by atoms with Crippen molar-refractivity contribution in [2.24, 2.45) is 0 Å². The van der Waals surface area contributed by atoms with Gasteiger partial charge < -0.3 is 15.4 Å². The van der Waals surface area contributed by atoms with Crippen molar-refractivity contribution in [1.82, 2.24) is 25.4 Å². The number of thiocarbonyl (C=S) groups is 1. The van der Waals surface area contributed by atoms with Crippen LogP contribution >= 0.6 is 12.2 Å². The highest BCUT2D eigenvalue weighted by atomic mass is 32.1. The number of ether oxygens (including phenoxy) is 1. The lowest BCUT2D eigenvalue weighted by Crippen LogP contribution is -2.45. The first-order valence-electron chi connectivity index (χ1n) is 12.3. The highest BCUT2D eigenvalue weighted by Gasteiger charge is 2.31. The molecule has 0 fully saturated rings. The zero-order chi connectivity index (χ0) is 28.9. The fourth-order valence-corrected chi connectivity index (χ4v) is 4.23. The molecule has 1 heterocycles. The quantitative estimate of drug-likeness (QED) is 0.234. The van der Waals surface area contributed by atoms with E-state index in [2.05, 4.69) is 30.8 Å². The van der Waals surface area contributed by atoms with Crippen LogP contribution in [0.5, 0.6) is 5.75 Å². The minimum absolute atomic E-state index is 0.171. The fourth-order valence-electron chi connectivity index (χ4n) is 4.03. The molecule has 0 radical (unpaired) electrons. The second-order valence-electron chi connectivity index (χ2n) is 9.18. The second kappa shape index (κ2) is 12.2. The van der Waals surface area contributed by atoms with Crippen molar-refractivity contribution in [1.29, 1.82) is 0 Å². The third-order valence-corrected chi connectivity index (χ3v) is 6.11. The maximum atomic E-state index is 12.4. The third-order valence-electron chi connectivity index (χ3n) is 5.90. The number of nitrogens with zero attached hydrogens (tertiary/aromatic N) is 3. The average molecular weight is 569 g/mol. The van der Waals surface area contributed by atoms with Gasteiger partial charge in [-0.25, -0.2) is 14.5 Å². The molecule has 0 aliphatic heterocycles. The molecule has 12 heteroatoms. The number of carbonyl (C=O) groups is 1. The molecule has 1 aromatic heterocycles. The largest absolute Gasteiger partial charge is 0.573 e. The van der Waals surface area contributed by atoms with Gasteiger partial charge in [-0.15, -0.1) is 18.3 Å². The number of aromatic nitrogens is 3. The standard InChI is InChI=1S/C28H27F3N6O2S/c1-17-5-4-6-18(2)24(17)34-27(40)35-26(38)33-19(3)15-20-7-9-21(10-8-20)25-32-16-37(36-25)22-11-13-23(14-12-22)39-28(29,30)31/h4-14,16,19H,15H2,1-3H3,(H3,33,34,35,38,40). The number of rotatable bonds is 7. The van der Waals surface area contributed by atoms with Crippen molar-refractivity contribution in [3.05, 3.63) is 89.7 Å². The van der Waals surface area contributed by atoms with E-state index in [4.69, 9.17) is 12.2 Å². The Balaban J connectivity index is 1.29. The molecule has 0 bridgehead atoms. The van der Waals surface area contributed by atoms with Crippen LogP contribution in [0, 0.1) is 13.8 Å². The Morgan fingerprint density at radius 3 is 2.30 bits per heavy atom. The smallest absolute Gasteiger partial charge is 0.406 e. The summed E-state index contributed by atoms with van der Waals surface area (Å²) in [4.78, 5) is 16.7. The molecule has 0 saturated heterocycles. The predicted molar refractivity (Wildman–Crippen MR) is 150 cm³/mol. The summed E-state index contributed by atoms with van der Waals surface area (Å²) in [6, 6.07) is 18.2. The highest BCUT2D eigenvalue weighted by Crippen LogP contribution is 2.24. The van der Waals surface area contributed by atoms with Crippen molar-refractivity contribution in [3.8, 4) is 22.8 Å². The Morgan fingerprint density at radius 1 is 1.02 bits per heavy atom. The zero-order valence-electron chi connectivity index (χ0n) is 21.9. The first-order valence-corrected chi connectivity index (χ1v) is 12.7. The van der Waals surface area contributed by atoms with Crippen molar-refractivity contribution in [2.45, 2.75) is 39.6 Å². The number of hydrogen-bond donors (Lipinski definition) is 3. The van der Waals surface area contributed by atoms with Gasteiger partial charge in [-0.1, -0.05) is 42.5 Å². The van der Waals surface area contributed by atoms with E-state index < -0.39 is 12.4 Å². The molecular formula is C28H27F3N6O2S. The minimum Gasteiger partial charge on any atom is -0.406 e. The number of anilines is 1. The number of para-hydroxylation sites is 1. The summed E-state index contributed by atoms with van der Waals surface area (Å²) in [6.07, 6.45) is -2.69. The SMILES string of the molecule is Cc1cccc(C)c1NC(=S)NC(=O)NC(C)Cc1ccc(-c2ncn(-c3ccc(OC(F)(F)F)cc3)n2)cc1. The molecule has 0 spiro atoms. The third kappa shape index (κ3) is 7.79. The number of hydrogen-bond acceptors (Lipinski definition) is 5. The Kier molecular flexibility index (Phi) is 8.68. The van der Waals surface area contributed by atoms with E-state index >= 15 is 0 Å². The van der Waals surface area contributed by atoms with Gasteiger partial charge in [0.2, 0.25) is 0 Å². The molecule has 208 valence electrons. The molecule has 3 aromatic carbocycles. The number of urea groups is 1. The summed E-state index contributed by atoms with van der Waals surface area (Å²) in [5.41, 5.74) is 5.21. The van der Waals surface area contributed by atoms with Gasteiger partial charge in [0.15, 0.2) is 10.9 Å². The number of nitrogens with one attached hydrogen (secondary N) is 3. The van der Waals surface area contributed by atoms with Gasteiger partial charge >= 0.3 is 12.4 Å². The molecule has 0 saturated carbocycles. The Bertz CT molecular complexity index is 1470. The molecule has 1 unspecified atom stereocenters. The number of aryl methyl sites for hydroxylation is 2. The summed E-state index contributed by atoms with van der Waals surface area (Å²) >= 11 is 5.29. The summed E-state index contributed by atoms with van der Waals surface area (Å²) in [5.74, 6) is 0.141. The molecule has 8 nitrogen and oxygen atoms in total. The molecule has 4 aromatic rings. The fraction of sp³-hybridized carbons (Fsp3) is 0.214. The van der Waals surface area contributed by atoms with Gasteiger partial charge in [-0.2, -0.15) is 0 Å². The summed E-state index contributed by atoms with van der Waals surface area (Å²) in [5, 5.41) is 13.2. The van der Waals surface area contributed by atoms with Crippen molar-refractivity contribution >= 4 is 29.0 Å². The van der Waals surface area contributed by atoms with Crippen LogP contribution in [-0.4, -0.2) is 38.3 Å². The molecule has 40 heavy (non-hydrogen) atoms. The number of carbonyl (C=O) groups excluding carboxylic acids is 1. The Hall–Kier alpha value is -4.45. The van der Waals surface area contributed by atoms with Gasteiger partial charge in [0.05, 0.1) is 5.69 Å². The zero-order valence-corrected chi connectivity index (χ0v) is 22.7. The van der Waals surface area contributed by atoms with Crippen LogP contribution in [0.15, 0.2) is 73.1 Å². The van der Waals surface area contributed by atoms with Crippen molar-refractivity contribution in [2.75, 3.05) is 5.32 Å². The number of alkyl halides is 3. The molecular weight excluding hydrogens is 541 g/mol. The van der Waals surface area contributed by atoms with Crippen molar-refractivity contribution < 1.29 is 22.7 Å². The molecule has 1 atom stereocenters. The number of halogens is 3. The maximum Gasteiger partial charge on any atom is 0.573 e. The van der Waals surface area contributed by atoms with E-state index in [0.717, 1.165) is 27.9 Å². The van der Waals surface area contributed by atoms with Crippen LogP contribution in [0.25, 0.3) is 17.1 Å². The predicted octanol–water partition coefficient (Wildman–Crippen LogP) is 6.08. The normalized spacial score (nSPS) is 11.9. The first-order chi connectivity index (χ1) is 19.0. The van der Waals surface area contributed by atoms with Gasteiger partial charge in [-0.3, -0.25) is 5.32 Å². The lowest BCUT2D eigenvalue weighted by Gasteiger charge is -2.17. The first kappa shape index (κ1) is 28.6. The van der Waals surface area contributed by atoms with Crippen LogP contribution in [0.2, 0.25) is 0 Å². The van der Waals surface area contributed by atoms with E-state index in [0.29, 0.717) is 17.9 Å². The van der Waals surface area contributed by atoms with Gasteiger partial charge in [0.25, 0.3) is 0 Å². The number of amides is 2. The highest BCUT2D eigenvalue weighted by molar-refractivity contribution is 7.80. The monoisotopic (exact) mass is 568 g/mol. The van der Waals surface area contributed by atoms with E-state index in [1.165, 1.54) is 35.3 Å². The molecule has 4 rings (SSSR count). The molecule has 3 N–H and O–H groups in total. The maximum absolute atomic E-state index is 12.4. The Morgan fingerprint density at radius 2 is 1.68 bits per heavy atom. The lowest BCUT2D eigenvalue weighted by atomic mass is 10.1. The molecule has 0 aliphatic carbocycles. The lowest BCUT2D eigenvalue weighted by molar-refractivity contribution is -0.274. The van der Waals surface area contributed by atoms with Gasteiger partial charge in [0.1, 0.15) is 12.1 Å². The van der Waals surface area contributed by atoms with E-state index in [9.17, 15) is 18.0 Å². The van der Waals surface area contributed by atoms with E-state index in [1.54, 1.807) is 0 Å². The van der Waals surface area contributed by atoms with Crippen LogP contribution < -0.4 is 20.7 Å². The van der Waals surface area contributed by atoms with Crippen LogP contribution in [-0.2, 0) is 6.42 Å². The molecule has 0 aliphatic rings. The average Bonchev–Trinajstić information content (AvgIpc) is 3.36. The van der Waals surface area contributed by atoms with Gasteiger partial charge in [-0.05, 0) is 80.4 Å². The molecule has 2 amide bonds. The van der Waals surface area contributed by atoms with Crippen LogP contribution in [0.4, 0.5) is 23.7 Å². The van der Waals surface area contributed by atoms with Gasteiger partial charge in [0, 0.05) is 17.3 Å². The topological polar surface area (TPSA) is 93.1 Å². The van der Waals surface area contributed by atoms with E-state index in [1.807, 2.05) is 63.2 Å². The minimum atomic E-state index is -4.75. The summed E-state index contributed by atoms with van der Waals surface area (Å²) in [6.45, 7) is 5.82. The van der Waals surface area contributed by atoms with Crippen LogP contribution in [0.1, 0.15) is 23.6 Å². The van der Waals surface area contributed by atoms with E-state index in [-0.39, 0.29) is 16.9 Å². The second-order valence-corrected chi connectivity index (χ2v) is 9.58. The summed E-state index contributed by atoms with van der Waals surface area (Å²) < 4.78 is 42.5. The van der Waals surface area contributed by atoms with Crippen molar-refractivity contribution in [3.63, 3.8) is 0 Å². The summed E-state index contributed by atoms with van der Waals surface area (Å²) in [7, 11) is 0. The Labute approximate surface area is 234 Å².